The third-order valence-electron chi connectivity index (χ3n) is 8.31. The molecule has 1 unspecified atom stereocenters. The molecule has 1 atom stereocenters. The van der Waals surface area contributed by atoms with Crippen molar-refractivity contribution in [2.45, 2.75) is 12.3 Å². The number of hydrogen-bond donors (Lipinski definition) is 0. The molecule has 0 bridgehead atoms. The lowest BCUT2D eigenvalue weighted by molar-refractivity contribution is 1.07. The monoisotopic (exact) mass is 497 g/mol. The van der Waals surface area contributed by atoms with Crippen LogP contribution in [0.1, 0.15) is 28.2 Å². The molecule has 0 amide bonds. The molecule has 8 rings (SSSR count). The van der Waals surface area contributed by atoms with Gasteiger partial charge in [0.05, 0.1) is 0 Å². The fourth-order valence-corrected chi connectivity index (χ4v) is 6.46. The van der Waals surface area contributed by atoms with E-state index in [2.05, 4.69) is 151 Å². The summed E-state index contributed by atoms with van der Waals surface area (Å²) in [6.45, 7) is 0. The van der Waals surface area contributed by atoms with Crippen LogP contribution in [0.2, 0.25) is 0 Å². The van der Waals surface area contributed by atoms with Crippen LogP contribution in [-0.2, 0) is 6.42 Å². The molecule has 6 aromatic carbocycles. The molecule has 184 valence electrons. The molecular formula is C38H27N. The molecule has 0 aliphatic heterocycles. The number of anilines is 3. The molecule has 0 spiro atoms. The number of para-hydroxylation sites is 1. The highest BCUT2D eigenvalue weighted by molar-refractivity contribution is 6.04. The first-order chi connectivity index (χ1) is 19.3. The van der Waals surface area contributed by atoms with E-state index in [0.717, 1.165) is 23.5 Å². The van der Waals surface area contributed by atoms with Crippen LogP contribution in [0, 0.1) is 0 Å². The van der Waals surface area contributed by atoms with Gasteiger partial charge in [-0.25, -0.2) is 0 Å². The highest BCUT2D eigenvalue weighted by Crippen LogP contribution is 2.47. The minimum Gasteiger partial charge on any atom is -0.310 e. The Labute approximate surface area is 229 Å². The molecule has 0 aromatic heterocycles. The summed E-state index contributed by atoms with van der Waals surface area (Å²) in [4.78, 5) is 2.35. The molecule has 0 saturated heterocycles. The fourth-order valence-electron chi connectivity index (χ4n) is 6.46. The first kappa shape index (κ1) is 22.1. The number of rotatable bonds is 4. The lowest BCUT2D eigenvalue weighted by Crippen LogP contribution is -2.11. The van der Waals surface area contributed by atoms with Gasteiger partial charge in [-0.1, -0.05) is 109 Å². The predicted octanol–water partition coefficient (Wildman–Crippen LogP) is 10.2. The van der Waals surface area contributed by atoms with Gasteiger partial charge in [-0.3, -0.25) is 0 Å². The molecule has 2 aliphatic carbocycles. The van der Waals surface area contributed by atoms with Crippen molar-refractivity contribution in [3.63, 3.8) is 0 Å². The number of hydrogen-bond acceptors (Lipinski definition) is 1. The van der Waals surface area contributed by atoms with Crippen LogP contribution in [0.15, 0.2) is 140 Å². The van der Waals surface area contributed by atoms with Crippen molar-refractivity contribution in [2.24, 2.45) is 0 Å². The molecule has 0 radical (unpaired) electrons. The van der Waals surface area contributed by atoms with Gasteiger partial charge in [0.2, 0.25) is 0 Å². The van der Waals surface area contributed by atoms with E-state index in [4.69, 9.17) is 0 Å². The summed E-state index contributed by atoms with van der Waals surface area (Å²) >= 11 is 0. The summed E-state index contributed by atoms with van der Waals surface area (Å²) in [5.41, 5.74) is 10.4. The zero-order chi connectivity index (χ0) is 25.8. The maximum absolute atomic E-state index is 2.45. The zero-order valence-corrected chi connectivity index (χ0v) is 21.6. The van der Waals surface area contributed by atoms with E-state index < -0.39 is 0 Å². The highest BCUT2D eigenvalue weighted by atomic mass is 15.1. The average Bonchev–Trinajstić information content (AvgIpc) is 3.01. The standard InChI is InChI=1S/C38H27N/c1-2-11-32(12-3-1)39(34-22-15-26-7-4-5-8-31(26)25-34)33-20-16-27(17-21-33)35-23-18-30-14-13-28-9-6-10-29-19-24-36(35)38(30)37(28)29/h1-18,20-25,35H,19H2. The molecule has 0 heterocycles. The van der Waals surface area contributed by atoms with Crippen LogP contribution in [0.5, 0.6) is 0 Å². The molecule has 1 nitrogen and oxygen atoms in total. The van der Waals surface area contributed by atoms with Gasteiger partial charge >= 0.3 is 0 Å². The molecule has 6 aromatic rings. The van der Waals surface area contributed by atoms with Crippen LogP contribution in [-0.4, -0.2) is 0 Å². The first-order valence-electron chi connectivity index (χ1n) is 13.7. The molecular weight excluding hydrogens is 470 g/mol. The summed E-state index contributed by atoms with van der Waals surface area (Å²) in [6, 6.07) is 46.4. The SMILES string of the molecule is C1=CC(c2ccc(N(c3ccccc3)c3ccc4ccccc4c3)cc2)C2=CCc3cccc4ccc1c2c34. The summed E-state index contributed by atoms with van der Waals surface area (Å²) < 4.78 is 0. The minimum atomic E-state index is 0.261. The summed E-state index contributed by atoms with van der Waals surface area (Å²) in [5, 5.41) is 5.28. The average molecular weight is 498 g/mol. The Morgan fingerprint density at radius 1 is 0.564 bits per heavy atom. The van der Waals surface area contributed by atoms with Crippen LogP contribution in [0.4, 0.5) is 17.1 Å². The van der Waals surface area contributed by atoms with Gasteiger partial charge in [-0.05, 0) is 92.2 Å². The summed E-state index contributed by atoms with van der Waals surface area (Å²) in [5.74, 6) is 0.261. The van der Waals surface area contributed by atoms with E-state index >= 15 is 0 Å². The van der Waals surface area contributed by atoms with E-state index in [1.807, 2.05) is 0 Å². The molecule has 1 heteroatoms. The lowest BCUT2D eigenvalue weighted by Gasteiger charge is -2.30. The Morgan fingerprint density at radius 3 is 2.15 bits per heavy atom. The van der Waals surface area contributed by atoms with Crippen LogP contribution >= 0.6 is 0 Å². The van der Waals surface area contributed by atoms with Crippen LogP contribution in [0.3, 0.4) is 0 Å². The topological polar surface area (TPSA) is 3.24 Å². The van der Waals surface area contributed by atoms with Crippen molar-refractivity contribution in [1.82, 2.24) is 0 Å². The Balaban J connectivity index is 1.20. The Morgan fingerprint density at radius 2 is 1.28 bits per heavy atom. The van der Waals surface area contributed by atoms with E-state index in [9.17, 15) is 0 Å². The Bertz CT molecular complexity index is 1930. The zero-order valence-electron chi connectivity index (χ0n) is 21.6. The second-order valence-electron chi connectivity index (χ2n) is 10.5. The molecule has 39 heavy (non-hydrogen) atoms. The largest absolute Gasteiger partial charge is 0.310 e. The smallest absolute Gasteiger partial charge is 0.0468 e. The van der Waals surface area contributed by atoms with E-state index in [1.165, 1.54) is 49.4 Å². The quantitative estimate of drug-likeness (QED) is 0.234. The minimum absolute atomic E-state index is 0.261. The fraction of sp³-hybridized carbons (Fsp3) is 0.0526. The third-order valence-corrected chi connectivity index (χ3v) is 8.31. The lowest BCUT2D eigenvalue weighted by atomic mass is 9.75. The number of benzene rings is 6. The second-order valence-corrected chi connectivity index (χ2v) is 10.5. The maximum Gasteiger partial charge on any atom is 0.0468 e. The second kappa shape index (κ2) is 8.85. The van der Waals surface area contributed by atoms with Gasteiger partial charge in [0.25, 0.3) is 0 Å². The van der Waals surface area contributed by atoms with Crippen molar-refractivity contribution >= 4 is 50.3 Å². The summed E-state index contributed by atoms with van der Waals surface area (Å²) in [6.07, 6.45) is 8.14. The first-order valence-corrected chi connectivity index (χ1v) is 13.7. The van der Waals surface area contributed by atoms with Crippen molar-refractivity contribution in [2.75, 3.05) is 4.90 Å². The third kappa shape index (κ3) is 3.62. The van der Waals surface area contributed by atoms with Crippen molar-refractivity contribution in [3.05, 3.63) is 162 Å². The van der Waals surface area contributed by atoms with Gasteiger partial charge in [0, 0.05) is 23.0 Å². The normalized spacial score (nSPS) is 15.4. The van der Waals surface area contributed by atoms with Crippen molar-refractivity contribution in [1.29, 1.82) is 0 Å². The van der Waals surface area contributed by atoms with Crippen molar-refractivity contribution in [3.8, 4) is 0 Å². The van der Waals surface area contributed by atoms with Gasteiger partial charge in [0.15, 0.2) is 0 Å². The molecule has 0 saturated carbocycles. The number of fused-ring (bicyclic) bond motifs is 1. The maximum atomic E-state index is 2.45. The van der Waals surface area contributed by atoms with E-state index in [1.54, 1.807) is 0 Å². The van der Waals surface area contributed by atoms with E-state index in [-0.39, 0.29) is 5.92 Å². The van der Waals surface area contributed by atoms with Crippen molar-refractivity contribution < 1.29 is 0 Å². The number of allylic oxidation sites excluding steroid dienone is 3. The Kier molecular flexibility index (Phi) is 5.03. The predicted molar refractivity (Wildman–Crippen MR) is 166 cm³/mol. The van der Waals surface area contributed by atoms with Gasteiger partial charge < -0.3 is 4.90 Å². The Hall–Kier alpha value is -4.88. The van der Waals surface area contributed by atoms with E-state index in [0.29, 0.717) is 0 Å². The van der Waals surface area contributed by atoms with Crippen LogP contribution < -0.4 is 4.90 Å². The molecule has 0 N–H and O–H groups in total. The summed E-state index contributed by atoms with van der Waals surface area (Å²) in [7, 11) is 0. The highest BCUT2D eigenvalue weighted by Gasteiger charge is 2.26. The molecule has 2 aliphatic rings. The number of nitrogens with zero attached hydrogens (tertiary/aromatic N) is 1. The van der Waals surface area contributed by atoms with Crippen LogP contribution in [0.25, 0.3) is 33.2 Å². The van der Waals surface area contributed by atoms with Gasteiger partial charge in [0.1, 0.15) is 0 Å². The van der Waals surface area contributed by atoms with Gasteiger partial charge in [-0.2, -0.15) is 0 Å². The van der Waals surface area contributed by atoms with Gasteiger partial charge in [-0.15, -0.1) is 0 Å². The molecule has 0 fully saturated rings.